The van der Waals surface area contributed by atoms with Gasteiger partial charge in [-0.05, 0) is 29.5 Å². The molecular weight excluding hydrogens is 346 g/mol. The molecule has 0 radical (unpaired) electrons. The molecule has 1 aliphatic heterocycles. The van der Waals surface area contributed by atoms with Crippen LogP contribution in [-0.2, 0) is 22.4 Å². The fourth-order valence-electron chi connectivity index (χ4n) is 3.17. The quantitative estimate of drug-likeness (QED) is 0.849. The first-order valence-electron chi connectivity index (χ1n) is 9.06. The van der Waals surface area contributed by atoms with Gasteiger partial charge in [-0.25, -0.2) is 0 Å². The van der Waals surface area contributed by atoms with Crippen LogP contribution in [0.2, 0.25) is 0 Å². The van der Waals surface area contributed by atoms with Crippen molar-refractivity contribution in [1.29, 1.82) is 0 Å². The van der Waals surface area contributed by atoms with E-state index < -0.39 is 0 Å². The lowest BCUT2D eigenvalue weighted by Crippen LogP contribution is -2.50. The molecule has 0 saturated carbocycles. The van der Waals surface area contributed by atoms with Crippen molar-refractivity contribution >= 4 is 28.8 Å². The predicted molar refractivity (Wildman–Crippen MR) is 105 cm³/mol. The molecule has 0 atom stereocenters. The zero-order valence-electron chi connectivity index (χ0n) is 15.1. The topological polar surface area (TPSA) is 52.7 Å². The number of aryl methyl sites for hydroxylation is 1. The Morgan fingerprint density at radius 3 is 2.54 bits per heavy atom. The summed E-state index contributed by atoms with van der Waals surface area (Å²) in [5, 5.41) is 5.01. The van der Waals surface area contributed by atoms with E-state index in [-0.39, 0.29) is 11.8 Å². The minimum Gasteiger partial charge on any atom is -0.340 e. The minimum absolute atomic E-state index is 0.00395. The van der Waals surface area contributed by atoms with E-state index in [2.05, 4.69) is 17.1 Å². The summed E-state index contributed by atoms with van der Waals surface area (Å²) in [4.78, 5) is 29.8. The molecule has 1 fully saturated rings. The molecule has 5 nitrogen and oxygen atoms in total. The van der Waals surface area contributed by atoms with Gasteiger partial charge in [0.25, 0.3) is 0 Å². The maximum Gasteiger partial charge on any atom is 0.238 e. The van der Waals surface area contributed by atoms with Crippen LogP contribution in [0.25, 0.3) is 0 Å². The van der Waals surface area contributed by atoms with Gasteiger partial charge in [-0.3, -0.25) is 14.5 Å². The average Bonchev–Trinajstić information content (AvgIpc) is 3.15. The molecular formula is C20H25N3O2S. The molecule has 3 rings (SSSR count). The van der Waals surface area contributed by atoms with Crippen LogP contribution in [0.1, 0.15) is 17.4 Å². The first-order valence-corrected chi connectivity index (χ1v) is 9.94. The summed E-state index contributed by atoms with van der Waals surface area (Å²) in [6, 6.07) is 11.9. The van der Waals surface area contributed by atoms with Gasteiger partial charge in [0.15, 0.2) is 0 Å². The standard InChI is InChI=1S/C20H25N3O2S/c1-2-16-6-3-4-8-18(16)21-19(24)15-22-9-11-23(12-10-22)20(25)14-17-7-5-13-26-17/h3-8,13H,2,9-12,14-15H2,1H3,(H,21,24). The van der Waals surface area contributed by atoms with E-state index in [0.717, 1.165) is 35.6 Å². The predicted octanol–water partition coefficient (Wildman–Crippen LogP) is 2.64. The second-order valence-electron chi connectivity index (χ2n) is 6.47. The van der Waals surface area contributed by atoms with Gasteiger partial charge in [0.2, 0.25) is 11.8 Å². The molecule has 1 N–H and O–H groups in total. The number of carbonyl (C=O) groups excluding carboxylic acids is 2. The van der Waals surface area contributed by atoms with E-state index >= 15 is 0 Å². The molecule has 2 heterocycles. The molecule has 2 amide bonds. The number of hydrogen-bond donors (Lipinski definition) is 1. The molecule has 0 spiro atoms. The molecule has 1 aromatic carbocycles. The Kier molecular flexibility index (Phi) is 6.41. The molecule has 1 saturated heterocycles. The Labute approximate surface area is 158 Å². The summed E-state index contributed by atoms with van der Waals surface area (Å²) in [5.74, 6) is 0.178. The number of piperazine rings is 1. The normalized spacial score (nSPS) is 15.0. The maximum atomic E-state index is 12.3. The van der Waals surface area contributed by atoms with Crippen LogP contribution in [0.4, 0.5) is 5.69 Å². The van der Waals surface area contributed by atoms with Gasteiger partial charge in [0.1, 0.15) is 0 Å². The molecule has 1 aliphatic rings. The Morgan fingerprint density at radius 1 is 1.08 bits per heavy atom. The van der Waals surface area contributed by atoms with Crippen molar-refractivity contribution in [1.82, 2.24) is 9.80 Å². The van der Waals surface area contributed by atoms with Crippen LogP contribution in [0.5, 0.6) is 0 Å². The Bertz CT molecular complexity index is 737. The van der Waals surface area contributed by atoms with Crippen molar-refractivity contribution < 1.29 is 9.59 Å². The van der Waals surface area contributed by atoms with E-state index in [4.69, 9.17) is 0 Å². The van der Waals surface area contributed by atoms with E-state index in [1.54, 1.807) is 11.3 Å². The molecule has 0 aliphatic carbocycles. The van der Waals surface area contributed by atoms with Crippen molar-refractivity contribution in [3.63, 3.8) is 0 Å². The number of thiophene rings is 1. The summed E-state index contributed by atoms with van der Waals surface area (Å²) < 4.78 is 0. The SMILES string of the molecule is CCc1ccccc1NC(=O)CN1CCN(C(=O)Cc2cccs2)CC1. The number of benzene rings is 1. The third-order valence-corrected chi connectivity index (χ3v) is 5.55. The highest BCUT2D eigenvalue weighted by Gasteiger charge is 2.22. The zero-order chi connectivity index (χ0) is 18.4. The Balaban J connectivity index is 1.44. The van der Waals surface area contributed by atoms with E-state index in [9.17, 15) is 9.59 Å². The van der Waals surface area contributed by atoms with Gasteiger partial charge in [0.05, 0.1) is 13.0 Å². The second-order valence-corrected chi connectivity index (χ2v) is 7.50. The third-order valence-electron chi connectivity index (χ3n) is 4.67. The van der Waals surface area contributed by atoms with Crippen LogP contribution in [-0.4, -0.2) is 54.3 Å². The molecule has 138 valence electrons. The first-order chi connectivity index (χ1) is 12.7. The number of rotatable bonds is 6. The summed E-state index contributed by atoms with van der Waals surface area (Å²) in [6.45, 7) is 5.28. The summed E-state index contributed by atoms with van der Waals surface area (Å²) in [7, 11) is 0. The number of nitrogens with one attached hydrogen (secondary N) is 1. The second kappa shape index (κ2) is 8.96. The van der Waals surface area contributed by atoms with Crippen molar-refractivity contribution in [2.45, 2.75) is 19.8 Å². The molecule has 1 aromatic heterocycles. The lowest BCUT2D eigenvalue weighted by Gasteiger charge is -2.34. The van der Waals surface area contributed by atoms with Crippen LogP contribution in [0.15, 0.2) is 41.8 Å². The fourth-order valence-corrected chi connectivity index (χ4v) is 3.87. The van der Waals surface area contributed by atoms with Crippen LogP contribution in [0.3, 0.4) is 0 Å². The summed E-state index contributed by atoms with van der Waals surface area (Å²) in [5.41, 5.74) is 2.04. The van der Waals surface area contributed by atoms with Gasteiger partial charge in [0, 0.05) is 36.7 Å². The van der Waals surface area contributed by atoms with Crippen molar-refractivity contribution in [3.05, 3.63) is 52.2 Å². The third kappa shape index (κ3) is 4.93. The lowest BCUT2D eigenvalue weighted by molar-refractivity contribution is -0.132. The fraction of sp³-hybridized carbons (Fsp3) is 0.400. The monoisotopic (exact) mass is 371 g/mol. The Hall–Kier alpha value is -2.18. The number of nitrogens with zero attached hydrogens (tertiary/aromatic N) is 2. The number of carbonyl (C=O) groups is 2. The largest absolute Gasteiger partial charge is 0.340 e. The van der Waals surface area contributed by atoms with Gasteiger partial charge < -0.3 is 10.2 Å². The van der Waals surface area contributed by atoms with Crippen LogP contribution < -0.4 is 5.32 Å². The summed E-state index contributed by atoms with van der Waals surface area (Å²) in [6.07, 6.45) is 1.37. The number of hydrogen-bond acceptors (Lipinski definition) is 4. The zero-order valence-corrected chi connectivity index (χ0v) is 15.9. The minimum atomic E-state index is 0.00395. The highest BCUT2D eigenvalue weighted by molar-refractivity contribution is 7.10. The molecule has 0 bridgehead atoms. The lowest BCUT2D eigenvalue weighted by atomic mass is 10.1. The number of para-hydroxylation sites is 1. The van der Waals surface area contributed by atoms with E-state index in [0.29, 0.717) is 26.1 Å². The van der Waals surface area contributed by atoms with Crippen molar-refractivity contribution in [2.24, 2.45) is 0 Å². The maximum absolute atomic E-state index is 12.3. The van der Waals surface area contributed by atoms with E-state index in [1.807, 2.05) is 46.7 Å². The van der Waals surface area contributed by atoms with Gasteiger partial charge in [-0.15, -0.1) is 11.3 Å². The summed E-state index contributed by atoms with van der Waals surface area (Å²) >= 11 is 1.62. The van der Waals surface area contributed by atoms with Gasteiger partial charge in [-0.2, -0.15) is 0 Å². The molecule has 0 unspecified atom stereocenters. The van der Waals surface area contributed by atoms with E-state index in [1.165, 1.54) is 0 Å². The van der Waals surface area contributed by atoms with Crippen molar-refractivity contribution in [2.75, 3.05) is 38.0 Å². The average molecular weight is 372 g/mol. The highest BCUT2D eigenvalue weighted by atomic mass is 32.1. The van der Waals surface area contributed by atoms with Crippen molar-refractivity contribution in [3.8, 4) is 0 Å². The Morgan fingerprint density at radius 2 is 1.85 bits per heavy atom. The first kappa shape index (κ1) is 18.6. The van der Waals surface area contributed by atoms with Crippen LogP contribution >= 0.6 is 11.3 Å². The smallest absolute Gasteiger partial charge is 0.238 e. The molecule has 6 heteroatoms. The molecule has 2 aromatic rings. The molecule has 26 heavy (non-hydrogen) atoms. The highest BCUT2D eigenvalue weighted by Crippen LogP contribution is 2.16. The van der Waals surface area contributed by atoms with Gasteiger partial charge >= 0.3 is 0 Å². The van der Waals surface area contributed by atoms with Crippen LogP contribution in [0, 0.1) is 0 Å². The number of anilines is 1. The van der Waals surface area contributed by atoms with Gasteiger partial charge in [-0.1, -0.05) is 31.2 Å². The number of amides is 2.